The van der Waals surface area contributed by atoms with E-state index in [0.29, 0.717) is 17.5 Å². The van der Waals surface area contributed by atoms with Crippen LogP contribution in [0.25, 0.3) is 10.8 Å². The average Bonchev–Trinajstić information content (AvgIpc) is 2.94. The summed E-state index contributed by atoms with van der Waals surface area (Å²) >= 11 is 0. The molecule has 1 atom stereocenters. The predicted molar refractivity (Wildman–Crippen MR) is 111 cm³/mol. The van der Waals surface area contributed by atoms with Crippen molar-refractivity contribution in [1.29, 1.82) is 0 Å². The minimum Gasteiger partial charge on any atom is -0.306 e. The molecule has 1 saturated heterocycles. The number of halogens is 3. The smallest absolute Gasteiger partial charge is 0.306 e. The first kappa shape index (κ1) is 20.6. The number of aromatic nitrogens is 2. The summed E-state index contributed by atoms with van der Waals surface area (Å²) in [5, 5.41) is 6.08. The molecule has 0 N–H and O–H groups in total. The summed E-state index contributed by atoms with van der Waals surface area (Å²) in [6.07, 6.45) is -1.26. The molecule has 0 amide bonds. The highest BCUT2D eigenvalue weighted by Crippen LogP contribution is 2.30. The van der Waals surface area contributed by atoms with Gasteiger partial charge in [0.2, 0.25) is 0 Å². The van der Waals surface area contributed by atoms with Gasteiger partial charge in [0.15, 0.2) is 0 Å². The Labute approximate surface area is 172 Å². The van der Waals surface area contributed by atoms with Gasteiger partial charge in [-0.3, -0.25) is 4.79 Å². The summed E-state index contributed by atoms with van der Waals surface area (Å²) in [5.74, 6) is 0. The fourth-order valence-corrected chi connectivity index (χ4v) is 4.12. The lowest BCUT2D eigenvalue weighted by Crippen LogP contribution is -2.29. The average molecular weight is 415 g/mol. The van der Waals surface area contributed by atoms with Crippen LogP contribution in [0.3, 0.4) is 0 Å². The molecule has 158 valence electrons. The van der Waals surface area contributed by atoms with Gasteiger partial charge in [-0.15, -0.1) is 0 Å². The topological polar surface area (TPSA) is 38.1 Å². The van der Waals surface area contributed by atoms with Crippen LogP contribution in [0.4, 0.5) is 13.2 Å². The van der Waals surface area contributed by atoms with Crippen molar-refractivity contribution in [2.75, 3.05) is 20.1 Å². The molecular weight excluding hydrogens is 391 g/mol. The quantitative estimate of drug-likeness (QED) is 0.624. The lowest BCUT2D eigenvalue weighted by molar-refractivity contribution is -0.137. The number of hydrogen-bond donors (Lipinski definition) is 0. The van der Waals surface area contributed by atoms with Crippen molar-refractivity contribution >= 4 is 10.8 Å². The van der Waals surface area contributed by atoms with Gasteiger partial charge in [0.25, 0.3) is 5.56 Å². The van der Waals surface area contributed by atoms with Gasteiger partial charge >= 0.3 is 6.18 Å². The summed E-state index contributed by atoms with van der Waals surface area (Å²) in [7, 11) is 2.08. The zero-order valence-corrected chi connectivity index (χ0v) is 16.8. The van der Waals surface area contributed by atoms with E-state index in [1.807, 2.05) is 18.2 Å². The van der Waals surface area contributed by atoms with E-state index in [9.17, 15) is 18.0 Å². The number of likely N-dealkylation sites (tertiary alicyclic amines) is 1. The van der Waals surface area contributed by atoms with Crippen molar-refractivity contribution in [2.45, 2.75) is 37.9 Å². The Bertz CT molecular complexity index is 1090. The zero-order valence-electron chi connectivity index (χ0n) is 16.8. The third-order valence-corrected chi connectivity index (χ3v) is 5.82. The molecule has 0 spiro atoms. The fraction of sp³-hybridized carbons (Fsp3) is 0.391. The van der Waals surface area contributed by atoms with Gasteiger partial charge in [-0.1, -0.05) is 30.3 Å². The SMILES string of the molecule is CN1CCCC(n2nc(Cc3ccc(C(F)(F)F)cc3)c3ccccc3c2=O)CC1. The molecule has 2 heterocycles. The minimum atomic E-state index is -4.36. The van der Waals surface area contributed by atoms with Gasteiger partial charge in [-0.25, -0.2) is 4.68 Å². The van der Waals surface area contributed by atoms with Gasteiger partial charge < -0.3 is 4.90 Å². The maximum Gasteiger partial charge on any atom is 0.416 e. The normalized spacial score (nSPS) is 18.5. The van der Waals surface area contributed by atoms with Crippen LogP contribution in [0.5, 0.6) is 0 Å². The van der Waals surface area contributed by atoms with Gasteiger partial charge in [0.1, 0.15) is 0 Å². The van der Waals surface area contributed by atoms with E-state index in [1.54, 1.807) is 10.7 Å². The van der Waals surface area contributed by atoms with Crippen LogP contribution in [-0.2, 0) is 12.6 Å². The van der Waals surface area contributed by atoms with Crippen molar-refractivity contribution < 1.29 is 13.2 Å². The first-order valence-electron chi connectivity index (χ1n) is 10.2. The molecule has 1 unspecified atom stereocenters. The molecule has 0 radical (unpaired) electrons. The Morgan fingerprint density at radius 2 is 1.70 bits per heavy atom. The molecule has 1 aromatic heterocycles. The zero-order chi connectivity index (χ0) is 21.3. The number of fused-ring (bicyclic) bond motifs is 1. The van der Waals surface area contributed by atoms with E-state index < -0.39 is 11.7 Å². The van der Waals surface area contributed by atoms with Gasteiger partial charge in [-0.05, 0) is 63.2 Å². The second-order valence-electron chi connectivity index (χ2n) is 8.00. The molecule has 0 saturated carbocycles. The fourth-order valence-electron chi connectivity index (χ4n) is 4.12. The summed E-state index contributed by atoms with van der Waals surface area (Å²) in [5.41, 5.74) is 0.668. The molecule has 2 aromatic carbocycles. The molecule has 1 aliphatic heterocycles. The van der Waals surface area contributed by atoms with Crippen LogP contribution in [0, 0.1) is 0 Å². The third-order valence-electron chi connectivity index (χ3n) is 5.82. The number of nitrogens with zero attached hydrogens (tertiary/aromatic N) is 3. The second-order valence-corrected chi connectivity index (χ2v) is 8.00. The van der Waals surface area contributed by atoms with Crippen LogP contribution < -0.4 is 5.56 Å². The summed E-state index contributed by atoms with van der Waals surface area (Å²) < 4.78 is 40.2. The van der Waals surface area contributed by atoms with E-state index in [2.05, 4.69) is 11.9 Å². The van der Waals surface area contributed by atoms with Gasteiger partial charge in [0.05, 0.1) is 22.7 Å². The molecule has 4 rings (SSSR count). The van der Waals surface area contributed by atoms with Crippen molar-refractivity contribution in [3.05, 3.63) is 75.7 Å². The highest BCUT2D eigenvalue weighted by molar-refractivity contribution is 5.83. The highest BCUT2D eigenvalue weighted by atomic mass is 19.4. The second kappa shape index (κ2) is 8.22. The first-order chi connectivity index (χ1) is 14.3. The number of alkyl halides is 3. The van der Waals surface area contributed by atoms with Gasteiger partial charge in [0, 0.05) is 11.8 Å². The Morgan fingerprint density at radius 1 is 1.00 bits per heavy atom. The number of benzene rings is 2. The molecular formula is C23H24F3N3O. The Kier molecular flexibility index (Phi) is 5.64. The van der Waals surface area contributed by atoms with E-state index in [0.717, 1.165) is 55.4 Å². The lowest BCUT2D eigenvalue weighted by atomic mass is 10.0. The monoisotopic (exact) mass is 415 g/mol. The van der Waals surface area contributed by atoms with Crippen LogP contribution in [0.15, 0.2) is 53.3 Å². The minimum absolute atomic E-state index is 0.0263. The molecule has 30 heavy (non-hydrogen) atoms. The first-order valence-corrected chi connectivity index (χ1v) is 10.2. The van der Waals surface area contributed by atoms with Gasteiger partial charge in [-0.2, -0.15) is 18.3 Å². The third kappa shape index (κ3) is 4.26. The maximum absolute atomic E-state index is 13.1. The molecule has 7 heteroatoms. The standard InChI is InChI=1S/C23H24F3N3O/c1-28-13-4-5-18(12-14-28)29-22(30)20-7-3-2-6-19(20)21(27-29)15-16-8-10-17(11-9-16)23(24,25)26/h2-3,6-11,18H,4-5,12-15H2,1H3. The summed E-state index contributed by atoms with van der Waals surface area (Å²) in [6.45, 7) is 1.90. The Hall–Kier alpha value is -2.67. The highest BCUT2D eigenvalue weighted by Gasteiger charge is 2.30. The summed E-state index contributed by atoms with van der Waals surface area (Å²) in [6, 6.07) is 12.5. The van der Waals surface area contributed by atoms with Crippen molar-refractivity contribution in [3.63, 3.8) is 0 Å². The van der Waals surface area contributed by atoms with E-state index in [1.165, 1.54) is 12.1 Å². The maximum atomic E-state index is 13.1. The molecule has 1 aliphatic rings. The van der Waals surface area contributed by atoms with E-state index in [4.69, 9.17) is 5.10 Å². The number of rotatable bonds is 3. The Morgan fingerprint density at radius 3 is 2.40 bits per heavy atom. The van der Waals surface area contributed by atoms with Crippen LogP contribution >= 0.6 is 0 Å². The lowest BCUT2D eigenvalue weighted by Gasteiger charge is -2.19. The van der Waals surface area contributed by atoms with Crippen molar-refractivity contribution in [3.8, 4) is 0 Å². The van der Waals surface area contributed by atoms with Crippen LogP contribution in [-0.4, -0.2) is 34.8 Å². The van der Waals surface area contributed by atoms with Crippen LogP contribution in [0.1, 0.15) is 42.1 Å². The number of hydrogen-bond acceptors (Lipinski definition) is 3. The molecule has 3 aromatic rings. The summed E-state index contributed by atoms with van der Waals surface area (Å²) in [4.78, 5) is 15.4. The van der Waals surface area contributed by atoms with Crippen molar-refractivity contribution in [1.82, 2.24) is 14.7 Å². The van der Waals surface area contributed by atoms with Crippen molar-refractivity contribution in [2.24, 2.45) is 0 Å². The van der Waals surface area contributed by atoms with Crippen LogP contribution in [0.2, 0.25) is 0 Å². The molecule has 0 aliphatic carbocycles. The molecule has 0 bridgehead atoms. The predicted octanol–water partition coefficient (Wildman–Crippen LogP) is 4.66. The molecule has 1 fully saturated rings. The van der Waals surface area contributed by atoms with E-state index in [-0.39, 0.29) is 11.6 Å². The molecule has 4 nitrogen and oxygen atoms in total. The Balaban J connectivity index is 1.74. The van der Waals surface area contributed by atoms with E-state index >= 15 is 0 Å². The largest absolute Gasteiger partial charge is 0.416 e.